The Kier molecular flexibility index (Phi) is 4.62. The second-order valence-electron chi connectivity index (χ2n) is 6.23. The first kappa shape index (κ1) is 17.9. The monoisotopic (exact) mass is 393 g/mol. The third kappa shape index (κ3) is 3.25. The highest BCUT2D eigenvalue weighted by Crippen LogP contribution is 2.44. The molecule has 1 heterocycles. The number of carbonyl (C=O) groups excluding carboxylic acids is 1. The average Bonchev–Trinajstić information content (AvgIpc) is 3.00. The molecule has 1 amide bonds. The number of H-pyrrole nitrogens is 1. The van der Waals surface area contributed by atoms with Crippen molar-refractivity contribution in [2.45, 2.75) is 5.92 Å². The fraction of sp³-hybridized carbons (Fsp3) is 0.100. The number of hydrogen-bond donors (Lipinski definition) is 3. The van der Waals surface area contributed by atoms with Crippen molar-refractivity contribution >= 4 is 30.1 Å². The molecule has 0 unspecified atom stereocenters. The van der Waals surface area contributed by atoms with Crippen LogP contribution in [0.3, 0.4) is 0 Å². The van der Waals surface area contributed by atoms with Crippen LogP contribution in [-0.2, 0) is 4.74 Å². The first-order valence-electron chi connectivity index (χ1n) is 8.49. The number of aromatic nitrogens is 2. The molecule has 2 aromatic carbocycles. The molecule has 1 aliphatic carbocycles. The number of carboxylic acids is 1. The molecule has 4 rings (SSSR count). The molecular weight excluding hydrogens is 378 g/mol. The summed E-state index contributed by atoms with van der Waals surface area (Å²) >= 11 is 4.89. The lowest BCUT2D eigenvalue weighted by atomic mass is 9.98. The van der Waals surface area contributed by atoms with Crippen molar-refractivity contribution in [2.75, 3.05) is 11.9 Å². The number of aromatic amines is 1. The number of rotatable bonds is 4. The lowest BCUT2D eigenvalue weighted by Crippen LogP contribution is -2.20. The van der Waals surface area contributed by atoms with Gasteiger partial charge < -0.3 is 14.8 Å². The molecule has 8 heteroatoms. The third-order valence-electron chi connectivity index (χ3n) is 4.61. The quantitative estimate of drug-likeness (QED) is 0.574. The fourth-order valence-electron chi connectivity index (χ4n) is 3.39. The number of nitrogens with one attached hydrogen (secondary N) is 2. The zero-order valence-electron chi connectivity index (χ0n) is 14.5. The molecule has 0 radical (unpaired) electrons. The standard InChI is InChI=1S/C20H15N3O4S/c24-18(25)15-9-21-19(28)22-17(15)23-20(26)27-10-16-13-7-3-1-5-11(13)12-6-2-4-8-14(12)16/h1-9,16H,10H2,(H,24,25)(H2,21,22,23,26,28). The summed E-state index contributed by atoms with van der Waals surface area (Å²) in [7, 11) is 0. The van der Waals surface area contributed by atoms with Gasteiger partial charge in [0.2, 0.25) is 0 Å². The van der Waals surface area contributed by atoms with E-state index in [9.17, 15) is 14.7 Å². The Morgan fingerprint density at radius 2 is 1.71 bits per heavy atom. The number of carbonyl (C=O) groups is 2. The molecule has 0 spiro atoms. The zero-order valence-corrected chi connectivity index (χ0v) is 15.3. The minimum atomic E-state index is -1.24. The number of hydrogen-bond acceptors (Lipinski definition) is 5. The predicted octanol–water partition coefficient (Wildman–Crippen LogP) is 4.20. The molecule has 0 aliphatic heterocycles. The van der Waals surface area contributed by atoms with Gasteiger partial charge in [0.25, 0.3) is 0 Å². The number of anilines is 1. The minimum absolute atomic E-state index is 0.0546. The van der Waals surface area contributed by atoms with Crippen molar-refractivity contribution in [2.24, 2.45) is 0 Å². The smallest absolute Gasteiger partial charge is 0.412 e. The van der Waals surface area contributed by atoms with E-state index in [0.717, 1.165) is 28.5 Å². The first-order chi connectivity index (χ1) is 13.5. The van der Waals surface area contributed by atoms with E-state index in [1.807, 2.05) is 48.5 Å². The summed E-state index contributed by atoms with van der Waals surface area (Å²) in [4.78, 5) is 29.8. The summed E-state index contributed by atoms with van der Waals surface area (Å²) in [6.45, 7) is 0.119. The van der Waals surface area contributed by atoms with Crippen LogP contribution < -0.4 is 5.32 Å². The lowest BCUT2D eigenvalue weighted by molar-refractivity contribution is 0.0697. The van der Waals surface area contributed by atoms with Crippen LogP contribution in [0.1, 0.15) is 27.4 Å². The van der Waals surface area contributed by atoms with Gasteiger partial charge in [-0.3, -0.25) is 5.32 Å². The van der Waals surface area contributed by atoms with Crippen LogP contribution >= 0.6 is 12.2 Å². The molecular formula is C20H15N3O4S. The van der Waals surface area contributed by atoms with Gasteiger partial charge in [-0.2, -0.15) is 0 Å². The maximum atomic E-state index is 12.3. The van der Waals surface area contributed by atoms with Crippen LogP contribution in [0.25, 0.3) is 11.1 Å². The largest absolute Gasteiger partial charge is 0.478 e. The molecule has 3 N–H and O–H groups in total. The Morgan fingerprint density at radius 1 is 1.11 bits per heavy atom. The van der Waals surface area contributed by atoms with Crippen LogP contribution in [0.15, 0.2) is 54.7 Å². The molecule has 0 saturated carbocycles. The fourth-order valence-corrected chi connectivity index (χ4v) is 3.55. The van der Waals surface area contributed by atoms with E-state index in [1.165, 1.54) is 0 Å². The third-order valence-corrected chi connectivity index (χ3v) is 4.82. The second-order valence-corrected chi connectivity index (χ2v) is 6.62. The van der Waals surface area contributed by atoms with E-state index < -0.39 is 12.1 Å². The second kappa shape index (κ2) is 7.24. The van der Waals surface area contributed by atoms with Gasteiger partial charge in [0.15, 0.2) is 4.77 Å². The number of aromatic carboxylic acids is 1. The zero-order chi connectivity index (χ0) is 19.7. The number of nitrogens with zero attached hydrogens (tertiary/aromatic N) is 1. The van der Waals surface area contributed by atoms with Crippen molar-refractivity contribution < 1.29 is 19.4 Å². The van der Waals surface area contributed by atoms with Gasteiger partial charge in [0, 0.05) is 12.1 Å². The van der Waals surface area contributed by atoms with Crippen LogP contribution in [-0.4, -0.2) is 33.7 Å². The molecule has 0 atom stereocenters. The summed E-state index contributed by atoms with van der Waals surface area (Å²) in [6.07, 6.45) is 0.307. The van der Waals surface area contributed by atoms with E-state index in [0.29, 0.717) is 0 Å². The van der Waals surface area contributed by atoms with E-state index in [1.54, 1.807) is 0 Å². The normalized spacial score (nSPS) is 12.1. The highest BCUT2D eigenvalue weighted by atomic mass is 32.1. The van der Waals surface area contributed by atoms with Gasteiger partial charge in [0.1, 0.15) is 18.0 Å². The van der Waals surface area contributed by atoms with Crippen LogP contribution in [0.2, 0.25) is 0 Å². The summed E-state index contributed by atoms with van der Waals surface area (Å²) < 4.78 is 5.46. The topological polar surface area (TPSA) is 104 Å². The van der Waals surface area contributed by atoms with Gasteiger partial charge in [-0.25, -0.2) is 14.6 Å². The lowest BCUT2D eigenvalue weighted by Gasteiger charge is -2.15. The van der Waals surface area contributed by atoms with Crippen molar-refractivity contribution in [3.63, 3.8) is 0 Å². The van der Waals surface area contributed by atoms with Gasteiger partial charge >= 0.3 is 12.1 Å². The van der Waals surface area contributed by atoms with Crippen molar-refractivity contribution in [1.29, 1.82) is 0 Å². The predicted molar refractivity (Wildman–Crippen MR) is 105 cm³/mol. The number of fused-ring (bicyclic) bond motifs is 3. The van der Waals surface area contributed by atoms with Crippen molar-refractivity contribution in [3.05, 3.63) is 76.2 Å². The molecule has 1 aromatic heterocycles. The van der Waals surface area contributed by atoms with E-state index in [4.69, 9.17) is 17.0 Å². The van der Waals surface area contributed by atoms with Gasteiger partial charge in [0.05, 0.1) is 0 Å². The SMILES string of the molecule is O=C(Nc1[nH]c(=S)ncc1C(=O)O)OCC1c2ccccc2-c2ccccc21. The van der Waals surface area contributed by atoms with Crippen molar-refractivity contribution in [3.8, 4) is 11.1 Å². The molecule has 1 aliphatic rings. The van der Waals surface area contributed by atoms with Crippen molar-refractivity contribution in [1.82, 2.24) is 9.97 Å². The molecule has 0 saturated heterocycles. The highest BCUT2D eigenvalue weighted by molar-refractivity contribution is 7.71. The van der Waals surface area contributed by atoms with Crippen LogP contribution in [0, 0.1) is 4.77 Å². The van der Waals surface area contributed by atoms with E-state index in [-0.39, 0.29) is 28.7 Å². The first-order valence-corrected chi connectivity index (χ1v) is 8.90. The Labute approximate surface area is 165 Å². The minimum Gasteiger partial charge on any atom is -0.478 e. The number of ether oxygens (including phenoxy) is 1. The Balaban J connectivity index is 1.53. The van der Waals surface area contributed by atoms with E-state index >= 15 is 0 Å². The van der Waals surface area contributed by atoms with Gasteiger partial charge in [-0.05, 0) is 34.5 Å². The summed E-state index contributed by atoms with van der Waals surface area (Å²) in [5.41, 5.74) is 4.22. The molecule has 3 aromatic rings. The maximum absolute atomic E-state index is 12.3. The number of carboxylic acid groups (broad SMARTS) is 1. The Bertz CT molecular complexity index is 1100. The number of benzene rings is 2. The molecule has 0 bridgehead atoms. The van der Waals surface area contributed by atoms with Crippen LogP contribution in [0.5, 0.6) is 0 Å². The summed E-state index contributed by atoms with van der Waals surface area (Å²) in [6, 6.07) is 16.0. The maximum Gasteiger partial charge on any atom is 0.412 e. The molecule has 7 nitrogen and oxygen atoms in total. The van der Waals surface area contributed by atoms with Gasteiger partial charge in [-0.1, -0.05) is 48.5 Å². The Morgan fingerprint density at radius 3 is 2.32 bits per heavy atom. The summed E-state index contributed by atoms with van der Waals surface area (Å²) in [5.74, 6) is -1.40. The number of amides is 1. The molecule has 0 fully saturated rings. The molecule has 140 valence electrons. The highest BCUT2D eigenvalue weighted by Gasteiger charge is 2.29. The average molecular weight is 393 g/mol. The summed E-state index contributed by atoms with van der Waals surface area (Å²) in [5, 5.41) is 11.6. The Hall–Kier alpha value is -3.52. The van der Waals surface area contributed by atoms with Gasteiger partial charge in [-0.15, -0.1) is 0 Å². The van der Waals surface area contributed by atoms with E-state index in [2.05, 4.69) is 15.3 Å². The molecule has 28 heavy (non-hydrogen) atoms. The van der Waals surface area contributed by atoms with Crippen LogP contribution in [0.4, 0.5) is 10.6 Å².